The lowest BCUT2D eigenvalue weighted by Crippen LogP contribution is -2.40. The number of carbonyl (C=O) groups is 3. The summed E-state index contributed by atoms with van der Waals surface area (Å²) in [5.74, 6) is 0.556. The minimum atomic E-state index is -0.529. The first-order chi connectivity index (χ1) is 17.1. The molecular weight excluding hydrogens is 438 g/mol. The Balaban J connectivity index is 1.11. The van der Waals surface area contributed by atoms with Gasteiger partial charge in [0.2, 0.25) is 11.8 Å². The highest BCUT2D eigenvalue weighted by molar-refractivity contribution is 6.23. The maximum Gasteiger partial charge on any atom is 0.343 e. The Hall–Kier alpha value is -3.99. The van der Waals surface area contributed by atoms with Gasteiger partial charge in [-0.25, -0.2) is 9.69 Å². The summed E-state index contributed by atoms with van der Waals surface area (Å²) >= 11 is 0. The number of imide groups is 1. The molecule has 1 heterocycles. The Morgan fingerprint density at radius 3 is 2.03 bits per heavy atom. The average Bonchev–Trinajstić information content (AvgIpc) is 3.68. The van der Waals surface area contributed by atoms with Crippen molar-refractivity contribution >= 4 is 23.5 Å². The van der Waals surface area contributed by atoms with E-state index in [1.807, 2.05) is 42.5 Å². The number of nitrogens with zero attached hydrogens (tertiary/aromatic N) is 1. The van der Waals surface area contributed by atoms with E-state index in [1.165, 1.54) is 4.90 Å². The van der Waals surface area contributed by atoms with Crippen molar-refractivity contribution in [2.75, 3.05) is 4.90 Å². The van der Waals surface area contributed by atoms with Gasteiger partial charge in [0.1, 0.15) is 5.75 Å². The van der Waals surface area contributed by atoms with Gasteiger partial charge in [-0.3, -0.25) is 9.59 Å². The molecule has 0 spiro atoms. The van der Waals surface area contributed by atoms with Crippen LogP contribution in [0.2, 0.25) is 0 Å². The predicted octanol–water partition coefficient (Wildman–Crippen LogP) is 5.13. The van der Waals surface area contributed by atoms with Crippen LogP contribution in [0.5, 0.6) is 5.75 Å². The molecular formula is C30H23NO4. The quantitative estimate of drug-likeness (QED) is 0.234. The molecule has 2 amide bonds. The van der Waals surface area contributed by atoms with Crippen molar-refractivity contribution in [2.45, 2.75) is 6.42 Å². The largest absolute Gasteiger partial charge is 0.423 e. The van der Waals surface area contributed by atoms with E-state index >= 15 is 0 Å². The monoisotopic (exact) mass is 461 g/mol. The van der Waals surface area contributed by atoms with Crippen LogP contribution in [-0.4, -0.2) is 17.8 Å². The summed E-state index contributed by atoms with van der Waals surface area (Å²) in [6.07, 6.45) is 5.45. The van der Waals surface area contributed by atoms with Crippen molar-refractivity contribution in [2.24, 2.45) is 35.5 Å². The summed E-state index contributed by atoms with van der Waals surface area (Å²) in [5, 5.41) is 0. The van der Waals surface area contributed by atoms with E-state index in [0.29, 0.717) is 28.8 Å². The smallest absolute Gasteiger partial charge is 0.343 e. The van der Waals surface area contributed by atoms with E-state index in [1.54, 1.807) is 36.4 Å². The Morgan fingerprint density at radius 2 is 1.37 bits per heavy atom. The molecule has 35 heavy (non-hydrogen) atoms. The van der Waals surface area contributed by atoms with E-state index < -0.39 is 5.97 Å². The molecule has 5 nitrogen and oxygen atoms in total. The number of amides is 2. The van der Waals surface area contributed by atoms with Gasteiger partial charge < -0.3 is 4.74 Å². The van der Waals surface area contributed by atoms with Crippen LogP contribution >= 0.6 is 0 Å². The third kappa shape index (κ3) is 3.11. The number of carbonyl (C=O) groups excluding carboxylic acids is 3. The van der Waals surface area contributed by atoms with Gasteiger partial charge in [-0.1, -0.05) is 60.7 Å². The van der Waals surface area contributed by atoms with Crippen molar-refractivity contribution < 1.29 is 19.1 Å². The molecule has 3 aromatic rings. The standard InChI is InChI=1S/C30H23NO4/c32-28-26-22-13-14-23(25-16-24(22)25)27(26)29(33)31(28)20-8-4-7-19(15-20)30(34)35-21-11-9-18(10-12-21)17-5-2-1-3-6-17/h1-15,22-27H,16H2/t22-,23+,24-,25-,26+,27+/m1/s1. The van der Waals surface area contributed by atoms with Crippen LogP contribution in [0.4, 0.5) is 5.69 Å². The third-order valence-corrected chi connectivity index (χ3v) is 8.17. The number of benzene rings is 3. The van der Waals surface area contributed by atoms with E-state index in [0.717, 1.165) is 17.5 Å². The minimum absolute atomic E-state index is 0.133. The van der Waals surface area contributed by atoms with Crippen LogP contribution in [0, 0.1) is 35.5 Å². The molecule has 0 aromatic heterocycles. The lowest BCUT2D eigenvalue weighted by molar-refractivity contribution is -0.124. The number of hydrogen-bond donors (Lipinski definition) is 0. The van der Waals surface area contributed by atoms with Crippen LogP contribution in [0.3, 0.4) is 0 Å². The van der Waals surface area contributed by atoms with Gasteiger partial charge in [0.25, 0.3) is 0 Å². The molecule has 1 saturated heterocycles. The van der Waals surface area contributed by atoms with Gasteiger partial charge >= 0.3 is 5.97 Å². The first-order valence-corrected chi connectivity index (χ1v) is 12.1. The lowest BCUT2D eigenvalue weighted by Gasteiger charge is -2.37. The number of rotatable bonds is 4. The molecule has 2 saturated carbocycles. The van der Waals surface area contributed by atoms with Crippen molar-refractivity contribution in [1.29, 1.82) is 0 Å². The van der Waals surface area contributed by atoms with Crippen LogP contribution in [0.15, 0.2) is 91.0 Å². The van der Waals surface area contributed by atoms with Crippen molar-refractivity contribution in [1.82, 2.24) is 0 Å². The Bertz CT molecular complexity index is 1360. The predicted molar refractivity (Wildman–Crippen MR) is 130 cm³/mol. The molecule has 2 bridgehead atoms. The zero-order valence-electron chi connectivity index (χ0n) is 18.9. The molecule has 4 aliphatic carbocycles. The summed E-state index contributed by atoms with van der Waals surface area (Å²) in [7, 11) is 0. The summed E-state index contributed by atoms with van der Waals surface area (Å²) in [6, 6.07) is 23.9. The Kier molecular flexibility index (Phi) is 4.37. The number of ether oxygens (including phenoxy) is 1. The zero-order valence-corrected chi connectivity index (χ0v) is 18.9. The van der Waals surface area contributed by atoms with E-state index in [4.69, 9.17) is 4.74 Å². The van der Waals surface area contributed by atoms with Crippen LogP contribution in [-0.2, 0) is 9.59 Å². The van der Waals surface area contributed by atoms with Crippen LogP contribution < -0.4 is 9.64 Å². The maximum absolute atomic E-state index is 13.4. The summed E-state index contributed by atoms with van der Waals surface area (Å²) in [6.45, 7) is 0. The number of esters is 1. The van der Waals surface area contributed by atoms with Crippen LogP contribution in [0.1, 0.15) is 16.8 Å². The van der Waals surface area contributed by atoms with Gasteiger partial charge in [0.15, 0.2) is 0 Å². The topological polar surface area (TPSA) is 63.7 Å². The van der Waals surface area contributed by atoms with Crippen molar-refractivity contribution in [3.63, 3.8) is 0 Å². The normalized spacial score (nSPS) is 29.7. The SMILES string of the molecule is O=C(Oc1ccc(-c2ccccc2)cc1)c1cccc(N2C(=O)[C@H]3[C@@H]4C=C[C@@H]([C@H]5C[C@H]45)[C@@H]3C2=O)c1. The molecule has 3 aromatic carbocycles. The van der Waals surface area contributed by atoms with Gasteiger partial charge in [0.05, 0.1) is 23.1 Å². The Labute approximate surface area is 203 Å². The lowest BCUT2D eigenvalue weighted by atomic mass is 9.63. The molecule has 0 radical (unpaired) electrons. The fourth-order valence-electron chi connectivity index (χ4n) is 6.50. The van der Waals surface area contributed by atoms with Gasteiger partial charge in [-0.05, 0) is 71.6 Å². The number of anilines is 1. The second-order valence-corrected chi connectivity index (χ2v) is 10.00. The zero-order chi connectivity index (χ0) is 23.7. The number of allylic oxidation sites excluding steroid dienone is 2. The second-order valence-electron chi connectivity index (χ2n) is 10.00. The maximum atomic E-state index is 13.4. The van der Waals surface area contributed by atoms with Crippen molar-refractivity contribution in [3.05, 3.63) is 96.6 Å². The highest BCUT2D eigenvalue weighted by atomic mass is 16.5. The fraction of sp³-hybridized carbons (Fsp3) is 0.233. The Morgan fingerprint density at radius 1 is 0.743 bits per heavy atom. The number of hydrogen-bond acceptors (Lipinski definition) is 4. The van der Waals surface area contributed by atoms with E-state index in [-0.39, 0.29) is 35.5 Å². The van der Waals surface area contributed by atoms with Gasteiger partial charge in [-0.2, -0.15) is 0 Å². The molecule has 172 valence electrons. The molecule has 5 heteroatoms. The van der Waals surface area contributed by atoms with E-state index in [2.05, 4.69) is 12.2 Å². The molecule has 1 aliphatic heterocycles. The molecule has 3 fully saturated rings. The molecule has 0 unspecified atom stereocenters. The summed E-state index contributed by atoms with van der Waals surface area (Å²) in [5.41, 5.74) is 2.85. The van der Waals surface area contributed by atoms with Crippen LogP contribution in [0.25, 0.3) is 11.1 Å². The van der Waals surface area contributed by atoms with Gasteiger partial charge in [-0.15, -0.1) is 0 Å². The molecule has 0 N–H and O–H groups in total. The highest BCUT2D eigenvalue weighted by Crippen LogP contribution is 2.65. The fourth-order valence-corrected chi connectivity index (χ4v) is 6.50. The highest BCUT2D eigenvalue weighted by Gasteiger charge is 2.67. The average molecular weight is 462 g/mol. The molecule has 6 atom stereocenters. The first-order valence-electron chi connectivity index (χ1n) is 12.1. The molecule has 5 aliphatic rings. The molecule has 8 rings (SSSR count). The van der Waals surface area contributed by atoms with E-state index in [9.17, 15) is 14.4 Å². The first kappa shape index (κ1) is 20.4. The second kappa shape index (κ2) is 7.51. The van der Waals surface area contributed by atoms with Gasteiger partial charge in [0, 0.05) is 0 Å². The van der Waals surface area contributed by atoms with Crippen molar-refractivity contribution in [3.8, 4) is 16.9 Å². The summed E-state index contributed by atoms with van der Waals surface area (Å²) in [4.78, 5) is 41.0. The minimum Gasteiger partial charge on any atom is -0.423 e. The summed E-state index contributed by atoms with van der Waals surface area (Å²) < 4.78 is 5.58. The third-order valence-electron chi connectivity index (χ3n) is 8.17.